The van der Waals surface area contributed by atoms with E-state index >= 15 is 0 Å². The Morgan fingerprint density at radius 1 is 1.50 bits per heavy atom. The van der Waals surface area contributed by atoms with Crippen LogP contribution in [0.1, 0.15) is 0 Å². The molecule has 0 aliphatic heterocycles. The molecule has 3 nitrogen and oxygen atoms in total. The van der Waals surface area contributed by atoms with Crippen molar-refractivity contribution >= 4 is 7.60 Å². The molecule has 0 aromatic heterocycles. The lowest BCUT2D eigenvalue weighted by atomic mass is 10.7. The van der Waals surface area contributed by atoms with Crippen LogP contribution in [0.3, 0.4) is 0 Å². The second kappa shape index (κ2) is 5.65. The molecule has 4 heteroatoms. The smallest absolute Gasteiger partial charge is 0.371 e. The molecular weight excluding hydrogens is 175 g/mol. The van der Waals surface area contributed by atoms with E-state index in [1.807, 2.05) is 6.11 Å². The van der Waals surface area contributed by atoms with Crippen molar-refractivity contribution in [3.63, 3.8) is 0 Å². The molecule has 0 aliphatic carbocycles. The van der Waals surface area contributed by atoms with Crippen molar-refractivity contribution in [2.24, 2.45) is 0 Å². The van der Waals surface area contributed by atoms with Gasteiger partial charge in [-0.1, -0.05) is 18.6 Å². The largest absolute Gasteiger partial charge is 0.391 e. The lowest BCUT2D eigenvalue weighted by Gasteiger charge is -2.11. The molecule has 0 spiro atoms. The fourth-order valence-electron chi connectivity index (χ4n) is 0.521. The lowest BCUT2D eigenvalue weighted by molar-refractivity contribution is 0.285. The minimum absolute atomic E-state index is 0.102. The standard InChI is InChI=1S/C8H11O3P/c1-4-7-11-12(9,8-5-2)10-6-3/h3-5H,1-2,7-8H2. The van der Waals surface area contributed by atoms with Gasteiger partial charge in [-0.05, 0) is 0 Å². The summed E-state index contributed by atoms with van der Waals surface area (Å²) in [6.07, 6.45) is 9.67. The van der Waals surface area contributed by atoms with Gasteiger partial charge in [0.2, 0.25) is 0 Å². The fraction of sp³-hybridized carbons (Fsp3) is 0.250. The van der Waals surface area contributed by atoms with Gasteiger partial charge in [-0.3, -0.25) is 4.52 Å². The molecule has 0 aliphatic rings. The van der Waals surface area contributed by atoms with Gasteiger partial charge in [0.1, 0.15) is 6.11 Å². The van der Waals surface area contributed by atoms with E-state index in [1.165, 1.54) is 12.2 Å². The second-order valence-corrected chi connectivity index (χ2v) is 3.90. The molecule has 1 unspecified atom stereocenters. The summed E-state index contributed by atoms with van der Waals surface area (Å²) < 4.78 is 20.8. The third-order valence-corrected chi connectivity index (χ3v) is 2.57. The Hall–Kier alpha value is -0.970. The highest BCUT2D eigenvalue weighted by atomic mass is 31.2. The second-order valence-electron chi connectivity index (χ2n) is 1.88. The van der Waals surface area contributed by atoms with Gasteiger partial charge in [0.25, 0.3) is 0 Å². The Bertz CT molecular complexity index is 239. The summed E-state index contributed by atoms with van der Waals surface area (Å²) in [5, 5.41) is 0. The molecule has 0 radical (unpaired) electrons. The van der Waals surface area contributed by atoms with E-state index in [0.29, 0.717) is 0 Å². The average Bonchev–Trinajstić information content (AvgIpc) is 2.02. The van der Waals surface area contributed by atoms with Gasteiger partial charge in [-0.15, -0.1) is 13.2 Å². The zero-order valence-corrected chi connectivity index (χ0v) is 7.63. The van der Waals surface area contributed by atoms with E-state index in [2.05, 4.69) is 17.7 Å². The van der Waals surface area contributed by atoms with E-state index in [-0.39, 0.29) is 12.8 Å². The van der Waals surface area contributed by atoms with Crippen molar-refractivity contribution in [1.29, 1.82) is 0 Å². The topological polar surface area (TPSA) is 35.5 Å². The summed E-state index contributed by atoms with van der Waals surface area (Å²) in [5.74, 6) is 0. The van der Waals surface area contributed by atoms with Gasteiger partial charge in [-0.2, -0.15) is 0 Å². The highest BCUT2D eigenvalue weighted by Gasteiger charge is 2.22. The maximum absolute atomic E-state index is 11.5. The van der Waals surface area contributed by atoms with Crippen LogP contribution in [-0.4, -0.2) is 12.8 Å². The Labute approximate surface area is 72.6 Å². The van der Waals surface area contributed by atoms with Crippen LogP contribution in [-0.2, 0) is 13.6 Å². The fourth-order valence-corrected chi connectivity index (χ4v) is 1.56. The molecule has 0 saturated carbocycles. The van der Waals surface area contributed by atoms with Crippen LogP contribution < -0.4 is 0 Å². The minimum atomic E-state index is -3.16. The van der Waals surface area contributed by atoms with Crippen molar-refractivity contribution in [3.8, 4) is 12.5 Å². The molecule has 0 fully saturated rings. The Balaban J connectivity index is 4.19. The van der Waals surface area contributed by atoms with Gasteiger partial charge in [0.05, 0.1) is 12.8 Å². The molecule has 12 heavy (non-hydrogen) atoms. The molecule has 0 aromatic carbocycles. The zero-order valence-electron chi connectivity index (χ0n) is 6.73. The molecule has 0 saturated heterocycles. The highest BCUT2D eigenvalue weighted by Crippen LogP contribution is 2.47. The SMILES string of the molecule is C#COP(=O)(CC=C)OCC=C. The van der Waals surface area contributed by atoms with E-state index in [1.54, 1.807) is 0 Å². The van der Waals surface area contributed by atoms with Crippen LogP contribution in [0, 0.1) is 12.5 Å². The predicted octanol–water partition coefficient (Wildman–Crippen LogP) is 2.18. The highest BCUT2D eigenvalue weighted by molar-refractivity contribution is 7.54. The van der Waals surface area contributed by atoms with Crippen LogP contribution >= 0.6 is 7.60 Å². The number of hydrogen-bond acceptors (Lipinski definition) is 3. The molecule has 0 aromatic rings. The normalized spacial score (nSPS) is 13.9. The first-order valence-electron chi connectivity index (χ1n) is 3.28. The van der Waals surface area contributed by atoms with E-state index in [0.717, 1.165) is 0 Å². The van der Waals surface area contributed by atoms with Crippen molar-refractivity contribution < 1.29 is 13.6 Å². The molecular formula is C8H11O3P. The van der Waals surface area contributed by atoms with Crippen molar-refractivity contribution in [2.45, 2.75) is 0 Å². The summed E-state index contributed by atoms with van der Waals surface area (Å²) in [6, 6.07) is 0. The summed E-state index contributed by atoms with van der Waals surface area (Å²) >= 11 is 0. The van der Waals surface area contributed by atoms with Crippen LogP contribution in [0.2, 0.25) is 0 Å². The molecule has 0 N–H and O–H groups in total. The van der Waals surface area contributed by atoms with Gasteiger partial charge in [-0.25, -0.2) is 4.57 Å². The molecule has 0 rings (SSSR count). The molecule has 0 bridgehead atoms. The third kappa shape index (κ3) is 4.02. The Kier molecular flexibility index (Phi) is 5.19. The summed E-state index contributed by atoms with van der Waals surface area (Å²) in [4.78, 5) is 0. The molecule has 0 amide bonds. The Morgan fingerprint density at radius 2 is 2.17 bits per heavy atom. The quantitative estimate of drug-likeness (QED) is 0.362. The predicted molar refractivity (Wildman–Crippen MR) is 48.7 cm³/mol. The van der Waals surface area contributed by atoms with Crippen molar-refractivity contribution in [2.75, 3.05) is 12.8 Å². The van der Waals surface area contributed by atoms with E-state index in [4.69, 9.17) is 10.9 Å². The van der Waals surface area contributed by atoms with Gasteiger partial charge in [0, 0.05) is 0 Å². The number of rotatable bonds is 6. The first-order valence-corrected chi connectivity index (χ1v) is 5.01. The van der Waals surface area contributed by atoms with Crippen LogP contribution in [0.25, 0.3) is 0 Å². The maximum Gasteiger partial charge on any atom is 0.391 e. The maximum atomic E-state index is 11.5. The average molecular weight is 186 g/mol. The number of hydrogen-bond donors (Lipinski definition) is 0. The van der Waals surface area contributed by atoms with Crippen LogP contribution in [0.5, 0.6) is 0 Å². The zero-order chi connectivity index (χ0) is 9.45. The molecule has 66 valence electrons. The van der Waals surface area contributed by atoms with Gasteiger partial charge >= 0.3 is 7.60 Å². The van der Waals surface area contributed by atoms with Crippen LogP contribution in [0.4, 0.5) is 0 Å². The minimum Gasteiger partial charge on any atom is -0.371 e. The first-order chi connectivity index (χ1) is 5.68. The van der Waals surface area contributed by atoms with Gasteiger partial charge in [0.15, 0.2) is 0 Å². The first kappa shape index (κ1) is 11.0. The molecule has 1 atom stereocenters. The number of terminal acetylenes is 1. The molecule has 0 heterocycles. The van der Waals surface area contributed by atoms with Crippen molar-refractivity contribution in [3.05, 3.63) is 25.3 Å². The van der Waals surface area contributed by atoms with Crippen LogP contribution in [0.15, 0.2) is 25.3 Å². The summed E-state index contributed by atoms with van der Waals surface area (Å²) in [7, 11) is -3.16. The van der Waals surface area contributed by atoms with E-state index < -0.39 is 7.60 Å². The number of allylic oxidation sites excluding steroid dienone is 1. The summed E-state index contributed by atoms with van der Waals surface area (Å²) in [6.45, 7) is 6.96. The van der Waals surface area contributed by atoms with Crippen molar-refractivity contribution in [1.82, 2.24) is 0 Å². The Morgan fingerprint density at radius 3 is 2.58 bits per heavy atom. The summed E-state index contributed by atoms with van der Waals surface area (Å²) in [5.41, 5.74) is 0. The van der Waals surface area contributed by atoms with E-state index in [9.17, 15) is 4.57 Å². The monoisotopic (exact) mass is 186 g/mol. The lowest BCUT2D eigenvalue weighted by Crippen LogP contribution is -1.95. The van der Waals surface area contributed by atoms with Gasteiger partial charge < -0.3 is 4.52 Å². The third-order valence-electron chi connectivity index (χ3n) is 0.934.